The van der Waals surface area contributed by atoms with Gasteiger partial charge < -0.3 is 19.4 Å². The third kappa shape index (κ3) is 5.78. The third-order valence-electron chi connectivity index (χ3n) is 6.46. The Hall–Kier alpha value is -3.63. The summed E-state index contributed by atoms with van der Waals surface area (Å²) < 4.78 is 7.43. The molecule has 1 fully saturated rings. The van der Waals surface area contributed by atoms with Crippen LogP contribution in [0.3, 0.4) is 0 Å². The number of H-pyrrole nitrogens is 1. The summed E-state index contributed by atoms with van der Waals surface area (Å²) in [6.07, 6.45) is 7.91. The van der Waals surface area contributed by atoms with Crippen molar-refractivity contribution in [3.05, 3.63) is 82.7 Å². The van der Waals surface area contributed by atoms with Crippen LogP contribution in [-0.2, 0) is 9.53 Å². The highest BCUT2D eigenvalue weighted by atomic mass is 35.5. The maximum atomic E-state index is 13.4. The van der Waals surface area contributed by atoms with Crippen molar-refractivity contribution in [2.75, 3.05) is 36.7 Å². The Morgan fingerprint density at radius 1 is 1.20 bits per heavy atom. The molecule has 5 heterocycles. The van der Waals surface area contributed by atoms with Gasteiger partial charge in [0, 0.05) is 42.0 Å². The molecule has 2 aliphatic heterocycles. The van der Waals surface area contributed by atoms with E-state index in [4.69, 9.17) is 44.3 Å². The number of nitrogens with zero attached hydrogens (tertiary/aromatic N) is 5. The number of halogens is 3. The fourth-order valence-electron chi connectivity index (χ4n) is 4.60. The fraction of sp³-hybridized carbons (Fsp3) is 0.214. The average molecular weight is 602 g/mol. The van der Waals surface area contributed by atoms with Crippen LogP contribution in [0.2, 0.25) is 10.0 Å². The zero-order valence-electron chi connectivity index (χ0n) is 21.7. The maximum absolute atomic E-state index is 13.4. The second-order valence-electron chi connectivity index (χ2n) is 8.99. The van der Waals surface area contributed by atoms with E-state index >= 15 is 0 Å². The minimum atomic E-state index is -0.190. The van der Waals surface area contributed by atoms with Crippen LogP contribution in [-0.4, -0.2) is 59.4 Å². The molecule has 1 amide bonds. The molecule has 3 aromatic heterocycles. The molecule has 1 N–H and O–H groups in total. The highest BCUT2D eigenvalue weighted by Crippen LogP contribution is 2.40. The van der Waals surface area contributed by atoms with E-state index in [0.717, 1.165) is 35.4 Å². The van der Waals surface area contributed by atoms with Crippen molar-refractivity contribution in [2.45, 2.75) is 12.5 Å². The smallest absolute Gasteiger partial charge is 0.263 e. The number of para-hydroxylation sites is 1. The summed E-state index contributed by atoms with van der Waals surface area (Å²) in [7, 11) is 1.94. The van der Waals surface area contributed by atoms with E-state index in [1.165, 1.54) is 6.08 Å². The van der Waals surface area contributed by atoms with Gasteiger partial charge >= 0.3 is 0 Å². The Morgan fingerprint density at radius 3 is 2.52 bits per heavy atom. The number of hydrogen-bond donors (Lipinski definition) is 1. The minimum Gasteiger partial charge on any atom is -0.379 e. The molecule has 0 aliphatic carbocycles. The molecule has 1 atom stereocenters. The molecule has 0 bridgehead atoms. The topological polar surface area (TPSA) is 96.4 Å². The molecule has 2 aliphatic rings. The van der Waals surface area contributed by atoms with E-state index in [-0.39, 0.29) is 11.9 Å². The van der Waals surface area contributed by atoms with Gasteiger partial charge in [0.05, 0.1) is 58.2 Å². The van der Waals surface area contributed by atoms with Gasteiger partial charge in [0.15, 0.2) is 0 Å². The van der Waals surface area contributed by atoms with Gasteiger partial charge in [-0.2, -0.15) is 5.10 Å². The molecule has 1 saturated heterocycles. The van der Waals surface area contributed by atoms with Crippen LogP contribution in [0.5, 0.6) is 0 Å². The van der Waals surface area contributed by atoms with Gasteiger partial charge in [-0.25, -0.2) is 4.98 Å². The lowest BCUT2D eigenvalue weighted by Crippen LogP contribution is -2.45. The van der Waals surface area contributed by atoms with Crippen LogP contribution >= 0.6 is 34.8 Å². The summed E-state index contributed by atoms with van der Waals surface area (Å²) in [4.78, 5) is 33.0. The first kappa shape index (κ1) is 29.4. The molecule has 12 heteroatoms. The van der Waals surface area contributed by atoms with Gasteiger partial charge in [0.2, 0.25) is 0 Å². The maximum Gasteiger partial charge on any atom is 0.263 e. The minimum absolute atomic E-state index is 0.190. The van der Waals surface area contributed by atoms with Crippen LogP contribution in [0.15, 0.2) is 67.1 Å². The van der Waals surface area contributed by atoms with Crippen LogP contribution in [0.4, 0.5) is 11.4 Å². The lowest BCUT2D eigenvalue weighted by atomic mass is 10.1. The summed E-state index contributed by atoms with van der Waals surface area (Å²) in [5, 5.41) is 6.74. The molecular weight excluding hydrogens is 575 g/mol. The van der Waals surface area contributed by atoms with Gasteiger partial charge in [0.1, 0.15) is 12.4 Å². The molecule has 40 heavy (non-hydrogen) atoms. The van der Waals surface area contributed by atoms with E-state index in [2.05, 4.69) is 28.2 Å². The number of fused-ring (bicyclic) bond motifs is 3. The van der Waals surface area contributed by atoms with Crippen molar-refractivity contribution >= 4 is 69.9 Å². The molecule has 6 rings (SSSR count). The van der Waals surface area contributed by atoms with Gasteiger partial charge in [0.25, 0.3) is 5.91 Å². The van der Waals surface area contributed by atoms with Crippen LogP contribution in [0.25, 0.3) is 22.3 Å². The van der Waals surface area contributed by atoms with Crippen molar-refractivity contribution < 1.29 is 14.3 Å². The van der Waals surface area contributed by atoms with Crippen LogP contribution in [0, 0.1) is 0 Å². The number of benzene rings is 1. The Balaban J connectivity index is 0.000000479. The number of aromatic amines is 1. The summed E-state index contributed by atoms with van der Waals surface area (Å²) >= 11 is 17.9. The molecule has 0 saturated carbocycles. The number of pyridine rings is 1. The molecule has 208 valence electrons. The molecule has 9 nitrogen and oxygen atoms in total. The number of carbonyl (C=O) groups is 2. The fourth-order valence-corrected chi connectivity index (χ4v) is 5.21. The number of hydrogen-bond acceptors (Lipinski definition) is 6. The number of rotatable bonds is 4. The molecular formula is C28H27Cl3N6O3. The van der Waals surface area contributed by atoms with E-state index in [1.807, 2.05) is 41.9 Å². The number of carbonyl (C=O) groups excluding carboxylic acids is 2. The van der Waals surface area contributed by atoms with Crippen molar-refractivity contribution in [3.63, 3.8) is 0 Å². The second-order valence-corrected chi connectivity index (χ2v) is 10.3. The molecule has 1 aromatic carbocycles. The zero-order chi connectivity index (χ0) is 29.0. The second kappa shape index (κ2) is 12.7. The lowest BCUT2D eigenvalue weighted by Gasteiger charge is -2.36. The van der Waals surface area contributed by atoms with Crippen molar-refractivity contribution in [1.82, 2.24) is 19.7 Å². The largest absolute Gasteiger partial charge is 0.379 e. The number of amides is 1. The molecule has 1 unspecified atom stereocenters. The van der Waals surface area contributed by atoms with E-state index in [0.29, 0.717) is 45.3 Å². The van der Waals surface area contributed by atoms with E-state index in [1.54, 1.807) is 29.3 Å². The van der Waals surface area contributed by atoms with Crippen molar-refractivity contribution in [2.24, 2.45) is 0 Å². The third-order valence-corrected chi connectivity index (χ3v) is 7.23. The summed E-state index contributed by atoms with van der Waals surface area (Å²) in [5.41, 5.74) is 4.39. The van der Waals surface area contributed by atoms with Gasteiger partial charge in [-0.1, -0.05) is 60.1 Å². The Bertz CT molecular complexity index is 1540. The van der Waals surface area contributed by atoms with E-state index in [9.17, 15) is 4.79 Å². The Labute approximate surface area is 246 Å². The monoisotopic (exact) mass is 600 g/mol. The lowest BCUT2D eigenvalue weighted by molar-refractivity contribution is -0.0980. The first-order valence-electron chi connectivity index (χ1n) is 12.1. The van der Waals surface area contributed by atoms with Gasteiger partial charge in [-0.3, -0.25) is 14.4 Å². The predicted octanol–water partition coefficient (Wildman–Crippen LogP) is 6.49. The average Bonchev–Trinajstić information content (AvgIpc) is 3.72. The number of nitrogens with one attached hydrogen (secondary N) is 1. The summed E-state index contributed by atoms with van der Waals surface area (Å²) in [6, 6.07) is 7.50. The Morgan fingerprint density at radius 2 is 1.90 bits per heavy atom. The quantitative estimate of drug-likeness (QED) is 0.269. The van der Waals surface area contributed by atoms with Crippen LogP contribution < -0.4 is 9.80 Å². The van der Waals surface area contributed by atoms with Crippen molar-refractivity contribution in [1.29, 1.82) is 0 Å². The normalized spacial score (nSPS) is 16.1. The SMILES string of the molecule is C=CC(=C)Cl.C=O.CN1CN(c2c(Cl)cccc2Cl)C(=O)c2cnc3[nH]c(-c4cnn(C5CCOC5)c4)cc3c21. The highest BCUT2D eigenvalue weighted by molar-refractivity contribution is 6.40. The molecule has 0 radical (unpaired) electrons. The molecule has 0 spiro atoms. The number of aromatic nitrogens is 4. The highest BCUT2D eigenvalue weighted by Gasteiger charge is 2.33. The first-order chi connectivity index (χ1) is 19.3. The zero-order valence-corrected chi connectivity index (χ0v) is 24.0. The number of anilines is 2. The number of allylic oxidation sites excluding steroid dienone is 2. The van der Waals surface area contributed by atoms with Gasteiger partial charge in [-0.05, 0) is 24.6 Å². The van der Waals surface area contributed by atoms with Crippen LogP contribution in [0.1, 0.15) is 22.8 Å². The first-order valence-corrected chi connectivity index (χ1v) is 13.3. The summed E-state index contributed by atoms with van der Waals surface area (Å²) in [6.45, 7) is 10.4. The number of ether oxygens (including phenoxy) is 1. The molecule has 4 aromatic rings. The van der Waals surface area contributed by atoms with E-state index < -0.39 is 0 Å². The predicted molar refractivity (Wildman–Crippen MR) is 161 cm³/mol. The van der Waals surface area contributed by atoms with Crippen molar-refractivity contribution in [3.8, 4) is 11.3 Å². The standard InChI is InChI=1S/C23H20Cl2N6O2.C4H5Cl.CH2O/c1-29-12-30(21-17(24)3-2-4-18(21)25)23(32)16-9-26-22-15(20(16)29)7-19(28-22)13-8-27-31(10-13)14-5-6-33-11-14;1-3-4(2)5;1-2/h2-4,7-10,14H,5-6,11-12H2,1H3,(H,26,28);3H,1-2H2;1H2. The Kier molecular flexibility index (Phi) is 9.32. The summed E-state index contributed by atoms with van der Waals surface area (Å²) in [5.74, 6) is -0.190. The van der Waals surface area contributed by atoms with Gasteiger partial charge in [-0.15, -0.1) is 0 Å².